The van der Waals surface area contributed by atoms with Crippen molar-refractivity contribution < 1.29 is 0 Å². The Morgan fingerprint density at radius 3 is 2.64 bits per heavy atom. The van der Waals surface area contributed by atoms with Crippen LogP contribution in [-0.2, 0) is 0 Å². The molecule has 0 aliphatic heterocycles. The van der Waals surface area contributed by atoms with E-state index in [1.807, 2.05) is 18.2 Å². The van der Waals surface area contributed by atoms with Gasteiger partial charge in [0.25, 0.3) is 0 Å². The lowest BCUT2D eigenvalue weighted by atomic mass is 10.1. The maximum Gasteiger partial charge on any atom is 0.0991 e. The van der Waals surface area contributed by atoms with Crippen molar-refractivity contribution in [3.8, 4) is 6.07 Å². The quantitative estimate of drug-likeness (QED) is 0.652. The van der Waals surface area contributed by atoms with E-state index in [1.165, 1.54) is 0 Å². The van der Waals surface area contributed by atoms with Gasteiger partial charge < -0.3 is 0 Å². The van der Waals surface area contributed by atoms with E-state index in [1.54, 1.807) is 0 Å². The van der Waals surface area contributed by atoms with Gasteiger partial charge in [-0.1, -0.05) is 6.07 Å². The van der Waals surface area contributed by atoms with Gasteiger partial charge in [-0.05, 0) is 73.6 Å². The van der Waals surface area contributed by atoms with Gasteiger partial charge in [-0.3, -0.25) is 0 Å². The fourth-order valence-electron chi connectivity index (χ4n) is 1.31. The molecular formula is C11H5BrIN. The molecule has 0 atom stereocenters. The highest BCUT2D eigenvalue weighted by Gasteiger charge is 2.00. The number of benzene rings is 2. The van der Waals surface area contributed by atoms with Gasteiger partial charge in [-0.15, -0.1) is 0 Å². The zero-order chi connectivity index (χ0) is 10.1. The summed E-state index contributed by atoms with van der Waals surface area (Å²) in [6, 6.07) is 12.0. The number of hydrogen-bond donors (Lipinski definition) is 0. The highest BCUT2D eigenvalue weighted by atomic mass is 127. The molecule has 0 saturated carbocycles. The molecule has 0 amide bonds. The predicted octanol–water partition coefficient (Wildman–Crippen LogP) is 4.08. The van der Waals surface area contributed by atoms with Crippen LogP contribution in [0, 0.1) is 14.9 Å². The molecule has 0 radical (unpaired) electrons. The summed E-state index contributed by atoms with van der Waals surface area (Å²) in [5.41, 5.74) is 0.704. The van der Waals surface area contributed by atoms with Crippen molar-refractivity contribution in [1.82, 2.24) is 0 Å². The summed E-state index contributed by atoms with van der Waals surface area (Å²) < 4.78 is 2.25. The normalized spacial score (nSPS) is 10.1. The van der Waals surface area contributed by atoms with Gasteiger partial charge in [0.05, 0.1) is 11.6 Å². The first-order valence-electron chi connectivity index (χ1n) is 3.99. The van der Waals surface area contributed by atoms with Crippen LogP contribution < -0.4 is 0 Å². The Kier molecular flexibility index (Phi) is 2.75. The maximum atomic E-state index is 8.76. The lowest BCUT2D eigenvalue weighted by Crippen LogP contribution is -1.80. The summed E-state index contributed by atoms with van der Waals surface area (Å²) in [4.78, 5) is 0. The van der Waals surface area contributed by atoms with Crippen LogP contribution in [0.2, 0.25) is 0 Å². The molecule has 0 N–H and O–H groups in total. The molecule has 0 aliphatic rings. The van der Waals surface area contributed by atoms with Crippen molar-refractivity contribution in [3.05, 3.63) is 43.9 Å². The van der Waals surface area contributed by atoms with Crippen LogP contribution in [0.5, 0.6) is 0 Å². The predicted molar refractivity (Wildman–Crippen MR) is 69.1 cm³/mol. The van der Waals surface area contributed by atoms with E-state index in [9.17, 15) is 0 Å². The second kappa shape index (κ2) is 3.87. The molecule has 0 aliphatic carbocycles. The van der Waals surface area contributed by atoms with Gasteiger partial charge in [0.1, 0.15) is 0 Å². The topological polar surface area (TPSA) is 23.8 Å². The number of halogens is 2. The molecule has 68 valence electrons. The molecular weight excluding hydrogens is 353 g/mol. The van der Waals surface area contributed by atoms with Gasteiger partial charge in [0.15, 0.2) is 0 Å². The molecule has 0 bridgehead atoms. The molecule has 0 heterocycles. The second-order valence-corrected chi connectivity index (χ2v) is 4.96. The maximum absolute atomic E-state index is 8.76. The molecule has 2 aromatic carbocycles. The number of nitriles is 1. The van der Waals surface area contributed by atoms with Crippen LogP contribution >= 0.6 is 38.5 Å². The number of nitrogens with zero attached hydrogens (tertiary/aromatic N) is 1. The van der Waals surface area contributed by atoms with Crippen molar-refractivity contribution in [3.63, 3.8) is 0 Å². The fourth-order valence-corrected chi connectivity index (χ4v) is 2.16. The molecule has 3 heteroatoms. The van der Waals surface area contributed by atoms with E-state index in [0.717, 1.165) is 18.8 Å². The zero-order valence-corrected chi connectivity index (χ0v) is 10.8. The van der Waals surface area contributed by atoms with Gasteiger partial charge in [0, 0.05) is 8.04 Å². The molecule has 0 fully saturated rings. The van der Waals surface area contributed by atoms with Crippen LogP contribution in [0.25, 0.3) is 10.8 Å². The van der Waals surface area contributed by atoms with Crippen LogP contribution in [-0.4, -0.2) is 0 Å². The van der Waals surface area contributed by atoms with E-state index in [0.29, 0.717) is 5.56 Å². The monoisotopic (exact) mass is 357 g/mol. The van der Waals surface area contributed by atoms with Crippen LogP contribution in [0.3, 0.4) is 0 Å². The van der Waals surface area contributed by atoms with Crippen LogP contribution in [0.1, 0.15) is 5.56 Å². The highest BCUT2D eigenvalue weighted by molar-refractivity contribution is 14.1. The minimum Gasteiger partial charge on any atom is -0.192 e. The molecule has 0 unspecified atom stereocenters. The molecule has 2 rings (SSSR count). The molecule has 0 saturated heterocycles. The van der Waals surface area contributed by atoms with Gasteiger partial charge in [0.2, 0.25) is 0 Å². The Morgan fingerprint density at radius 1 is 1.14 bits per heavy atom. The Bertz CT molecular complexity index is 543. The van der Waals surface area contributed by atoms with Gasteiger partial charge >= 0.3 is 0 Å². The van der Waals surface area contributed by atoms with Crippen LogP contribution in [0.4, 0.5) is 0 Å². The van der Waals surface area contributed by atoms with Crippen molar-refractivity contribution >= 4 is 49.3 Å². The van der Waals surface area contributed by atoms with Gasteiger partial charge in [-0.2, -0.15) is 5.26 Å². The molecule has 2 aromatic rings. The first kappa shape index (κ1) is 9.94. The van der Waals surface area contributed by atoms with Gasteiger partial charge in [-0.25, -0.2) is 0 Å². The van der Waals surface area contributed by atoms with Crippen molar-refractivity contribution in [2.24, 2.45) is 0 Å². The third kappa shape index (κ3) is 1.77. The van der Waals surface area contributed by atoms with E-state index in [2.05, 4.69) is 56.7 Å². The van der Waals surface area contributed by atoms with E-state index in [-0.39, 0.29) is 0 Å². The molecule has 0 spiro atoms. The molecule has 0 aromatic heterocycles. The zero-order valence-electron chi connectivity index (χ0n) is 7.09. The first-order chi connectivity index (χ1) is 6.70. The minimum absolute atomic E-state index is 0.704. The third-order valence-electron chi connectivity index (χ3n) is 2.01. The second-order valence-electron chi connectivity index (χ2n) is 2.94. The standard InChI is InChI=1S/C11H5BrIN/c12-10-4-8-2-1-7(6-14)3-9(8)5-11(10)13/h1-5H. The first-order valence-corrected chi connectivity index (χ1v) is 5.87. The summed E-state index contributed by atoms with van der Waals surface area (Å²) in [5, 5.41) is 11.0. The molecule has 1 nitrogen and oxygen atoms in total. The average molecular weight is 358 g/mol. The Hall–Kier alpha value is -0.600. The SMILES string of the molecule is N#Cc1ccc2cc(Br)c(I)cc2c1. The number of fused-ring (bicyclic) bond motifs is 1. The Morgan fingerprint density at radius 2 is 1.93 bits per heavy atom. The largest absolute Gasteiger partial charge is 0.192 e. The molecule has 14 heavy (non-hydrogen) atoms. The lowest BCUT2D eigenvalue weighted by Gasteiger charge is -2.01. The Balaban J connectivity index is 2.78. The smallest absolute Gasteiger partial charge is 0.0991 e. The summed E-state index contributed by atoms with van der Waals surface area (Å²) in [5.74, 6) is 0. The summed E-state index contributed by atoms with van der Waals surface area (Å²) in [7, 11) is 0. The Labute approximate surface area is 104 Å². The minimum atomic E-state index is 0.704. The van der Waals surface area contributed by atoms with E-state index >= 15 is 0 Å². The highest BCUT2D eigenvalue weighted by Crippen LogP contribution is 2.26. The lowest BCUT2D eigenvalue weighted by molar-refractivity contribution is 1.49. The summed E-state index contributed by atoms with van der Waals surface area (Å²) in [6.45, 7) is 0. The van der Waals surface area contributed by atoms with Crippen molar-refractivity contribution in [1.29, 1.82) is 5.26 Å². The van der Waals surface area contributed by atoms with Crippen LogP contribution in [0.15, 0.2) is 34.8 Å². The number of rotatable bonds is 0. The van der Waals surface area contributed by atoms with E-state index < -0.39 is 0 Å². The van der Waals surface area contributed by atoms with E-state index in [4.69, 9.17) is 5.26 Å². The average Bonchev–Trinajstić information content (AvgIpc) is 2.19. The summed E-state index contributed by atoms with van der Waals surface area (Å²) in [6.07, 6.45) is 0. The van der Waals surface area contributed by atoms with Crippen molar-refractivity contribution in [2.75, 3.05) is 0 Å². The van der Waals surface area contributed by atoms with Crippen molar-refractivity contribution in [2.45, 2.75) is 0 Å². The number of hydrogen-bond acceptors (Lipinski definition) is 1. The summed E-state index contributed by atoms with van der Waals surface area (Å²) >= 11 is 5.75. The fraction of sp³-hybridized carbons (Fsp3) is 0. The third-order valence-corrected chi connectivity index (χ3v) is 4.30.